The molecule has 0 aliphatic carbocycles. The van der Waals surface area contributed by atoms with E-state index in [9.17, 15) is 0 Å². The molecule has 0 spiro atoms. The maximum Gasteiger partial charge on any atom is 0.137 e. The number of aromatic nitrogens is 3. The van der Waals surface area contributed by atoms with E-state index < -0.39 is 0 Å². The van der Waals surface area contributed by atoms with Crippen molar-refractivity contribution >= 4 is 11.3 Å². The first-order chi connectivity index (χ1) is 11.9. The van der Waals surface area contributed by atoms with Crippen LogP contribution in [0.15, 0.2) is 54.2 Å². The fourth-order valence-corrected chi connectivity index (χ4v) is 4.26. The van der Waals surface area contributed by atoms with Gasteiger partial charge in [-0.25, -0.2) is 0 Å². The molecule has 0 saturated carbocycles. The average Bonchev–Trinajstić information content (AvgIpc) is 3.28. The Morgan fingerprint density at radius 1 is 1.08 bits per heavy atom. The molecule has 124 valence electrons. The molecule has 5 heteroatoms. The third kappa shape index (κ3) is 3.57. The number of nitrogens with zero attached hydrogens (tertiary/aromatic N) is 4. The summed E-state index contributed by atoms with van der Waals surface area (Å²) in [5, 5.41) is 10.8. The number of thiophene rings is 1. The van der Waals surface area contributed by atoms with Crippen LogP contribution >= 0.6 is 11.3 Å². The maximum atomic E-state index is 4.46. The van der Waals surface area contributed by atoms with Crippen molar-refractivity contribution in [1.29, 1.82) is 0 Å². The molecule has 0 radical (unpaired) electrons. The molecule has 3 heterocycles. The van der Waals surface area contributed by atoms with Gasteiger partial charge in [0.2, 0.25) is 0 Å². The van der Waals surface area contributed by atoms with Crippen molar-refractivity contribution in [3.63, 3.8) is 0 Å². The van der Waals surface area contributed by atoms with Gasteiger partial charge in [0.15, 0.2) is 0 Å². The van der Waals surface area contributed by atoms with E-state index in [4.69, 9.17) is 0 Å². The molecule has 1 aliphatic rings. The molecule has 1 unspecified atom stereocenters. The summed E-state index contributed by atoms with van der Waals surface area (Å²) in [6, 6.07) is 14.9. The number of likely N-dealkylation sites (tertiary alicyclic amines) is 1. The van der Waals surface area contributed by atoms with E-state index in [2.05, 4.69) is 67.5 Å². The molecule has 1 fully saturated rings. The van der Waals surface area contributed by atoms with Crippen LogP contribution in [0.2, 0.25) is 0 Å². The normalized spacial score (nSPS) is 18.8. The predicted molar refractivity (Wildman–Crippen MR) is 97.1 cm³/mol. The van der Waals surface area contributed by atoms with Crippen LogP contribution in [0.1, 0.15) is 35.0 Å². The van der Waals surface area contributed by atoms with E-state index in [1.807, 2.05) is 17.7 Å². The summed E-state index contributed by atoms with van der Waals surface area (Å²) in [4.78, 5) is 4.00. The van der Waals surface area contributed by atoms with Crippen molar-refractivity contribution in [3.8, 4) is 0 Å². The second kappa shape index (κ2) is 7.28. The Hall–Kier alpha value is -1.98. The van der Waals surface area contributed by atoms with Gasteiger partial charge in [0, 0.05) is 23.9 Å². The smallest absolute Gasteiger partial charge is 0.137 e. The molecule has 4 rings (SSSR count). The summed E-state index contributed by atoms with van der Waals surface area (Å²) in [6.07, 6.45) is 4.31. The highest BCUT2D eigenvalue weighted by molar-refractivity contribution is 7.09. The molecule has 24 heavy (non-hydrogen) atoms. The first-order valence-electron chi connectivity index (χ1n) is 8.55. The second-order valence-electron chi connectivity index (χ2n) is 6.46. The second-order valence-corrected chi connectivity index (χ2v) is 7.49. The summed E-state index contributed by atoms with van der Waals surface area (Å²) in [5.74, 6) is 1.61. The van der Waals surface area contributed by atoms with Crippen LogP contribution in [0.4, 0.5) is 0 Å². The van der Waals surface area contributed by atoms with Crippen LogP contribution < -0.4 is 0 Å². The van der Waals surface area contributed by atoms with Crippen molar-refractivity contribution in [2.24, 2.45) is 0 Å². The van der Waals surface area contributed by atoms with Crippen molar-refractivity contribution in [2.75, 3.05) is 13.1 Å². The van der Waals surface area contributed by atoms with Crippen LogP contribution in [-0.2, 0) is 13.1 Å². The lowest BCUT2D eigenvalue weighted by molar-refractivity contribution is 0.196. The van der Waals surface area contributed by atoms with Crippen molar-refractivity contribution in [1.82, 2.24) is 19.7 Å². The molecule has 4 nitrogen and oxygen atoms in total. The minimum absolute atomic E-state index is 0.477. The molecule has 0 bridgehead atoms. The third-order valence-electron chi connectivity index (χ3n) is 4.67. The molecular weight excluding hydrogens is 316 g/mol. The Bertz CT molecular complexity index is 751. The number of rotatable bonds is 5. The van der Waals surface area contributed by atoms with E-state index in [1.165, 1.54) is 29.8 Å². The number of benzene rings is 1. The minimum Gasteiger partial charge on any atom is -0.313 e. The van der Waals surface area contributed by atoms with Gasteiger partial charge in [-0.1, -0.05) is 36.4 Å². The van der Waals surface area contributed by atoms with Crippen LogP contribution in [0, 0.1) is 0 Å². The van der Waals surface area contributed by atoms with Gasteiger partial charge in [0.1, 0.15) is 12.2 Å². The van der Waals surface area contributed by atoms with E-state index >= 15 is 0 Å². The highest BCUT2D eigenvalue weighted by Gasteiger charge is 2.25. The summed E-state index contributed by atoms with van der Waals surface area (Å²) in [5.41, 5.74) is 1.30. The Morgan fingerprint density at radius 3 is 2.83 bits per heavy atom. The Labute approximate surface area is 146 Å². The highest BCUT2D eigenvalue weighted by atomic mass is 32.1. The fraction of sp³-hybridized carbons (Fsp3) is 0.368. The summed E-state index contributed by atoms with van der Waals surface area (Å²) < 4.78 is 2.22. The summed E-state index contributed by atoms with van der Waals surface area (Å²) >= 11 is 1.85. The van der Waals surface area contributed by atoms with Gasteiger partial charge in [-0.2, -0.15) is 0 Å². The highest BCUT2D eigenvalue weighted by Crippen LogP contribution is 2.27. The summed E-state index contributed by atoms with van der Waals surface area (Å²) in [7, 11) is 0. The zero-order valence-electron chi connectivity index (χ0n) is 13.7. The SMILES string of the molecule is c1ccc(Cn2cnnc2C2CCCN(Cc3cccs3)C2)cc1. The Balaban J connectivity index is 1.46. The zero-order chi connectivity index (χ0) is 16.2. The predicted octanol–water partition coefficient (Wildman–Crippen LogP) is 3.77. The Morgan fingerprint density at radius 2 is 2.00 bits per heavy atom. The van der Waals surface area contributed by atoms with Crippen LogP contribution in [0.5, 0.6) is 0 Å². The van der Waals surface area contributed by atoms with Gasteiger partial charge < -0.3 is 4.57 Å². The van der Waals surface area contributed by atoms with Gasteiger partial charge in [0.25, 0.3) is 0 Å². The number of hydrogen-bond acceptors (Lipinski definition) is 4. The van der Waals surface area contributed by atoms with Crippen molar-refractivity contribution in [3.05, 3.63) is 70.4 Å². The lowest BCUT2D eigenvalue weighted by atomic mass is 9.97. The van der Waals surface area contributed by atoms with Crippen LogP contribution in [-0.4, -0.2) is 32.8 Å². The molecule has 0 N–H and O–H groups in total. The number of piperidine rings is 1. The van der Waals surface area contributed by atoms with Crippen molar-refractivity contribution < 1.29 is 0 Å². The largest absolute Gasteiger partial charge is 0.313 e. The lowest BCUT2D eigenvalue weighted by Crippen LogP contribution is -2.34. The minimum atomic E-state index is 0.477. The molecule has 1 aliphatic heterocycles. The quantitative estimate of drug-likeness (QED) is 0.710. The van der Waals surface area contributed by atoms with Crippen LogP contribution in [0.3, 0.4) is 0 Å². The third-order valence-corrected chi connectivity index (χ3v) is 5.53. The van der Waals surface area contributed by atoms with E-state index in [0.29, 0.717) is 5.92 Å². The van der Waals surface area contributed by atoms with Crippen LogP contribution in [0.25, 0.3) is 0 Å². The molecule has 1 atom stereocenters. The maximum absolute atomic E-state index is 4.46. The monoisotopic (exact) mass is 338 g/mol. The molecular formula is C19H22N4S. The van der Waals surface area contributed by atoms with Crippen molar-refractivity contribution in [2.45, 2.75) is 31.8 Å². The van der Waals surface area contributed by atoms with Gasteiger partial charge in [-0.05, 0) is 36.4 Å². The standard InChI is InChI=1S/C19H22N4S/c1-2-6-16(7-3-1)12-23-15-20-21-19(23)17-8-4-10-22(13-17)14-18-9-5-11-24-18/h1-3,5-7,9,11,15,17H,4,8,10,12-14H2. The van der Waals surface area contributed by atoms with Gasteiger partial charge in [-0.15, -0.1) is 21.5 Å². The molecule has 0 amide bonds. The fourth-order valence-electron chi connectivity index (χ4n) is 3.51. The van der Waals surface area contributed by atoms with E-state index in [-0.39, 0.29) is 0 Å². The Kier molecular flexibility index (Phi) is 4.71. The van der Waals surface area contributed by atoms with E-state index in [1.54, 1.807) is 0 Å². The molecule has 2 aromatic heterocycles. The van der Waals surface area contributed by atoms with Gasteiger partial charge >= 0.3 is 0 Å². The zero-order valence-corrected chi connectivity index (χ0v) is 14.5. The molecule has 1 aromatic carbocycles. The first-order valence-corrected chi connectivity index (χ1v) is 9.43. The first kappa shape index (κ1) is 15.5. The molecule has 1 saturated heterocycles. The van der Waals surface area contributed by atoms with E-state index in [0.717, 1.165) is 25.5 Å². The lowest BCUT2D eigenvalue weighted by Gasteiger charge is -2.32. The number of hydrogen-bond donors (Lipinski definition) is 0. The van der Waals surface area contributed by atoms with Gasteiger partial charge in [-0.3, -0.25) is 4.90 Å². The average molecular weight is 338 g/mol. The molecule has 3 aromatic rings. The van der Waals surface area contributed by atoms with Gasteiger partial charge in [0.05, 0.1) is 6.54 Å². The summed E-state index contributed by atoms with van der Waals surface area (Å²) in [6.45, 7) is 4.16. The topological polar surface area (TPSA) is 34.0 Å².